The fourth-order valence-electron chi connectivity index (χ4n) is 4.01. The quantitative estimate of drug-likeness (QED) is 0.636. The van der Waals surface area contributed by atoms with Crippen LogP contribution >= 0.6 is 0 Å². The number of hydrogen-bond donors (Lipinski definition) is 0. The number of quaternary nitrogens is 1. The van der Waals surface area contributed by atoms with Crippen molar-refractivity contribution in [2.24, 2.45) is 0 Å². The van der Waals surface area contributed by atoms with Crippen LogP contribution in [0.25, 0.3) is 0 Å². The fraction of sp³-hybridized carbons (Fsp3) is 1.00. The van der Waals surface area contributed by atoms with E-state index in [0.717, 1.165) is 0 Å². The normalized spacial score (nSPS) is 40.1. The van der Waals surface area contributed by atoms with Gasteiger partial charge in [-0.25, -0.2) is 0 Å². The van der Waals surface area contributed by atoms with Crippen LogP contribution in [0.5, 0.6) is 0 Å². The van der Waals surface area contributed by atoms with Crippen LogP contribution < -0.4 is 0 Å². The molecule has 100 valence electrons. The topological polar surface area (TPSA) is 3.24 Å². The standard InChI is InChI=1S/C15H31N2/c1-6-17(5)12-9-15(10-13-17)8-7-11-16(15)14(2,3)4/h6-13H2,1-5H3/q+1. The smallest absolute Gasteiger partial charge is 0.0802 e. The molecular weight excluding hydrogens is 208 g/mol. The second kappa shape index (κ2) is 4.24. The van der Waals surface area contributed by atoms with Gasteiger partial charge in [-0.1, -0.05) is 0 Å². The zero-order valence-corrected chi connectivity index (χ0v) is 12.6. The Kier molecular flexibility index (Phi) is 3.33. The highest BCUT2D eigenvalue weighted by atomic mass is 15.4. The molecule has 2 heteroatoms. The summed E-state index contributed by atoms with van der Waals surface area (Å²) in [4.78, 5) is 2.82. The van der Waals surface area contributed by atoms with Crippen molar-refractivity contribution >= 4 is 0 Å². The first-order valence-electron chi connectivity index (χ1n) is 7.43. The Balaban J connectivity index is 2.11. The molecule has 0 aliphatic carbocycles. The Morgan fingerprint density at radius 1 is 1.12 bits per heavy atom. The minimum Gasteiger partial charge on any atom is -0.326 e. The van der Waals surface area contributed by atoms with Crippen LogP contribution in [0.1, 0.15) is 53.4 Å². The lowest BCUT2D eigenvalue weighted by Crippen LogP contribution is -2.62. The molecule has 2 saturated heterocycles. The van der Waals surface area contributed by atoms with E-state index in [1.165, 1.54) is 56.3 Å². The maximum Gasteiger partial charge on any atom is 0.0802 e. The molecule has 0 bridgehead atoms. The van der Waals surface area contributed by atoms with Crippen molar-refractivity contribution in [2.75, 3.05) is 33.2 Å². The van der Waals surface area contributed by atoms with Crippen molar-refractivity contribution in [2.45, 2.75) is 64.5 Å². The van der Waals surface area contributed by atoms with Gasteiger partial charge in [0.05, 0.1) is 26.7 Å². The molecule has 0 radical (unpaired) electrons. The minimum absolute atomic E-state index is 0.351. The average Bonchev–Trinajstić information content (AvgIpc) is 2.67. The molecular formula is C15H31N2+. The Morgan fingerprint density at radius 3 is 2.18 bits per heavy atom. The van der Waals surface area contributed by atoms with E-state index in [1.54, 1.807) is 0 Å². The third-order valence-corrected chi connectivity index (χ3v) is 5.40. The van der Waals surface area contributed by atoms with Crippen LogP contribution in [0.3, 0.4) is 0 Å². The van der Waals surface area contributed by atoms with Gasteiger partial charge in [0.2, 0.25) is 0 Å². The number of nitrogens with zero attached hydrogens (tertiary/aromatic N) is 2. The molecule has 17 heavy (non-hydrogen) atoms. The Labute approximate surface area is 108 Å². The van der Waals surface area contributed by atoms with E-state index in [4.69, 9.17) is 0 Å². The van der Waals surface area contributed by atoms with Gasteiger partial charge in [0.1, 0.15) is 0 Å². The maximum absolute atomic E-state index is 2.82. The molecule has 0 unspecified atom stereocenters. The molecule has 0 amide bonds. The number of hydrogen-bond acceptors (Lipinski definition) is 1. The van der Waals surface area contributed by atoms with Crippen LogP contribution in [-0.2, 0) is 0 Å². The predicted octanol–water partition coefficient (Wildman–Crippen LogP) is 2.88. The molecule has 0 aromatic carbocycles. The Hall–Kier alpha value is -0.0800. The molecule has 2 heterocycles. The largest absolute Gasteiger partial charge is 0.326 e. The van der Waals surface area contributed by atoms with Crippen molar-refractivity contribution < 1.29 is 4.48 Å². The van der Waals surface area contributed by atoms with Crippen LogP contribution in [-0.4, -0.2) is 53.7 Å². The lowest BCUT2D eigenvalue weighted by atomic mass is 9.82. The van der Waals surface area contributed by atoms with Crippen molar-refractivity contribution in [1.82, 2.24) is 4.90 Å². The molecule has 0 saturated carbocycles. The summed E-state index contributed by atoms with van der Waals surface area (Å²) in [7, 11) is 2.43. The minimum atomic E-state index is 0.351. The first kappa shape index (κ1) is 13.4. The van der Waals surface area contributed by atoms with Crippen molar-refractivity contribution in [3.8, 4) is 0 Å². The van der Waals surface area contributed by atoms with Crippen LogP contribution in [0.15, 0.2) is 0 Å². The SMILES string of the molecule is CC[N+]1(C)CCC2(CCCN2C(C)(C)C)CC1. The van der Waals surface area contributed by atoms with Gasteiger partial charge in [0.15, 0.2) is 0 Å². The summed E-state index contributed by atoms with van der Waals surface area (Å²) in [5.41, 5.74) is 0.897. The summed E-state index contributed by atoms with van der Waals surface area (Å²) in [5, 5.41) is 0. The van der Waals surface area contributed by atoms with E-state index in [9.17, 15) is 0 Å². The summed E-state index contributed by atoms with van der Waals surface area (Å²) < 4.78 is 1.29. The van der Waals surface area contributed by atoms with E-state index in [2.05, 4.69) is 39.6 Å². The van der Waals surface area contributed by atoms with Crippen molar-refractivity contribution in [3.63, 3.8) is 0 Å². The molecule has 0 aromatic heterocycles. The van der Waals surface area contributed by atoms with Gasteiger partial charge in [0, 0.05) is 23.9 Å². The van der Waals surface area contributed by atoms with E-state index >= 15 is 0 Å². The van der Waals surface area contributed by atoms with Crippen LogP contribution in [0, 0.1) is 0 Å². The zero-order valence-electron chi connectivity index (χ0n) is 12.6. The van der Waals surface area contributed by atoms with Crippen LogP contribution in [0.4, 0.5) is 0 Å². The fourth-order valence-corrected chi connectivity index (χ4v) is 4.01. The molecule has 2 rings (SSSR count). The maximum atomic E-state index is 2.82. The summed E-state index contributed by atoms with van der Waals surface area (Å²) >= 11 is 0. The van der Waals surface area contributed by atoms with Gasteiger partial charge < -0.3 is 4.48 Å². The average molecular weight is 239 g/mol. The molecule has 0 aromatic rings. The third-order valence-electron chi connectivity index (χ3n) is 5.40. The van der Waals surface area contributed by atoms with E-state index < -0.39 is 0 Å². The van der Waals surface area contributed by atoms with Crippen molar-refractivity contribution in [1.29, 1.82) is 0 Å². The molecule has 0 N–H and O–H groups in total. The van der Waals surface area contributed by atoms with E-state index in [0.29, 0.717) is 11.1 Å². The Bertz CT molecular complexity index is 269. The molecule has 2 fully saturated rings. The highest BCUT2D eigenvalue weighted by Crippen LogP contribution is 2.43. The third kappa shape index (κ3) is 2.39. The summed E-state index contributed by atoms with van der Waals surface area (Å²) in [5.74, 6) is 0. The van der Waals surface area contributed by atoms with Gasteiger partial charge in [-0.3, -0.25) is 4.90 Å². The molecule has 1 spiro atoms. The zero-order chi connectivity index (χ0) is 12.7. The van der Waals surface area contributed by atoms with Gasteiger partial charge in [0.25, 0.3) is 0 Å². The van der Waals surface area contributed by atoms with Gasteiger partial charge >= 0.3 is 0 Å². The van der Waals surface area contributed by atoms with E-state index in [1.807, 2.05) is 0 Å². The highest BCUT2D eigenvalue weighted by molar-refractivity contribution is 5.01. The molecule has 2 aliphatic heterocycles. The molecule has 2 aliphatic rings. The van der Waals surface area contributed by atoms with Crippen molar-refractivity contribution in [3.05, 3.63) is 0 Å². The summed E-state index contributed by atoms with van der Waals surface area (Å²) in [6, 6.07) is 0. The van der Waals surface area contributed by atoms with Gasteiger partial charge in [-0.2, -0.15) is 0 Å². The number of rotatable bonds is 1. The number of piperidine rings is 1. The predicted molar refractivity (Wildman–Crippen MR) is 74.1 cm³/mol. The first-order valence-corrected chi connectivity index (χ1v) is 7.43. The van der Waals surface area contributed by atoms with Gasteiger partial charge in [-0.15, -0.1) is 0 Å². The summed E-state index contributed by atoms with van der Waals surface area (Å²) in [6.07, 6.45) is 5.67. The van der Waals surface area contributed by atoms with Gasteiger partial charge in [-0.05, 0) is 47.1 Å². The highest BCUT2D eigenvalue weighted by Gasteiger charge is 2.49. The second-order valence-corrected chi connectivity index (χ2v) is 7.53. The lowest BCUT2D eigenvalue weighted by molar-refractivity contribution is -0.914. The second-order valence-electron chi connectivity index (χ2n) is 7.53. The lowest BCUT2D eigenvalue weighted by Gasteiger charge is -2.52. The first-order chi connectivity index (χ1) is 7.81. The molecule has 0 atom stereocenters. The van der Waals surface area contributed by atoms with E-state index in [-0.39, 0.29) is 0 Å². The van der Waals surface area contributed by atoms with Crippen LogP contribution in [0.2, 0.25) is 0 Å². The Morgan fingerprint density at radius 2 is 1.71 bits per heavy atom. The monoisotopic (exact) mass is 239 g/mol. The molecule has 2 nitrogen and oxygen atoms in total. The summed E-state index contributed by atoms with van der Waals surface area (Å²) in [6.45, 7) is 14.9. The number of likely N-dealkylation sites (tertiary alicyclic amines) is 2.